The number of hydrogen-bond donors (Lipinski definition) is 3. The lowest BCUT2D eigenvalue weighted by Crippen LogP contribution is -2.26. The van der Waals surface area contributed by atoms with E-state index in [0.29, 0.717) is 23.0 Å². The van der Waals surface area contributed by atoms with E-state index in [0.717, 1.165) is 17.0 Å². The van der Waals surface area contributed by atoms with Gasteiger partial charge in [0.2, 0.25) is 5.91 Å². The summed E-state index contributed by atoms with van der Waals surface area (Å²) >= 11 is 1.39. The highest BCUT2D eigenvalue weighted by Crippen LogP contribution is 2.36. The molecule has 0 saturated heterocycles. The molecule has 3 aromatic rings. The number of sulfonamides is 1. The summed E-state index contributed by atoms with van der Waals surface area (Å²) in [4.78, 5) is 25.2. The summed E-state index contributed by atoms with van der Waals surface area (Å²) in [6.45, 7) is 1.78. The van der Waals surface area contributed by atoms with Crippen LogP contribution in [-0.2, 0) is 21.0 Å². The molecule has 4 rings (SSSR count). The van der Waals surface area contributed by atoms with Gasteiger partial charge in [-0.1, -0.05) is 6.07 Å². The zero-order valence-electron chi connectivity index (χ0n) is 18.0. The van der Waals surface area contributed by atoms with E-state index in [-0.39, 0.29) is 21.7 Å². The first-order valence-electron chi connectivity index (χ1n) is 10.2. The van der Waals surface area contributed by atoms with Crippen molar-refractivity contribution in [1.82, 2.24) is 0 Å². The van der Waals surface area contributed by atoms with Gasteiger partial charge >= 0.3 is 6.18 Å². The molecule has 0 aliphatic carbocycles. The number of rotatable bonds is 5. The number of fused-ring (bicyclic) bond motifs is 1. The van der Waals surface area contributed by atoms with Crippen LogP contribution in [0.4, 0.5) is 30.2 Å². The van der Waals surface area contributed by atoms with Crippen LogP contribution >= 0.6 is 11.8 Å². The Morgan fingerprint density at radius 1 is 1.00 bits per heavy atom. The molecule has 35 heavy (non-hydrogen) atoms. The van der Waals surface area contributed by atoms with E-state index in [1.807, 2.05) is 0 Å². The third-order valence-corrected chi connectivity index (χ3v) is 7.61. The zero-order chi connectivity index (χ0) is 25.4. The summed E-state index contributed by atoms with van der Waals surface area (Å²) in [7, 11) is -4.17. The Hall–Kier alpha value is -3.51. The van der Waals surface area contributed by atoms with E-state index in [1.54, 1.807) is 25.1 Å². The van der Waals surface area contributed by atoms with Crippen LogP contribution in [0, 0.1) is 0 Å². The maximum Gasteiger partial charge on any atom is 0.416 e. The van der Waals surface area contributed by atoms with Gasteiger partial charge in [-0.2, -0.15) is 13.2 Å². The fourth-order valence-corrected chi connectivity index (χ4v) is 5.22. The molecule has 0 radical (unpaired) electrons. The number of nitrogens with one attached hydrogen (secondary N) is 3. The van der Waals surface area contributed by atoms with E-state index >= 15 is 0 Å². The van der Waals surface area contributed by atoms with E-state index in [2.05, 4.69) is 15.4 Å². The van der Waals surface area contributed by atoms with Crippen molar-refractivity contribution in [1.29, 1.82) is 0 Å². The average Bonchev–Trinajstić information content (AvgIpc) is 2.79. The van der Waals surface area contributed by atoms with Crippen LogP contribution in [0.15, 0.2) is 76.5 Å². The van der Waals surface area contributed by atoms with Crippen molar-refractivity contribution < 1.29 is 31.2 Å². The molecule has 0 fully saturated rings. The number of alkyl halides is 3. The molecule has 0 bridgehead atoms. The smallest absolute Gasteiger partial charge is 0.324 e. The van der Waals surface area contributed by atoms with Gasteiger partial charge in [0, 0.05) is 21.8 Å². The quantitative estimate of drug-likeness (QED) is 0.429. The van der Waals surface area contributed by atoms with Crippen LogP contribution in [0.25, 0.3) is 0 Å². The minimum atomic E-state index is -4.61. The lowest BCUT2D eigenvalue weighted by Gasteiger charge is -2.21. The molecule has 3 N–H and O–H groups in total. The van der Waals surface area contributed by atoms with Crippen LogP contribution in [0.2, 0.25) is 0 Å². The van der Waals surface area contributed by atoms with Crippen molar-refractivity contribution in [2.24, 2.45) is 0 Å². The summed E-state index contributed by atoms with van der Waals surface area (Å²) in [5.74, 6) is -0.626. The molecule has 7 nitrogen and oxygen atoms in total. The Morgan fingerprint density at radius 2 is 1.71 bits per heavy atom. The number of benzene rings is 3. The third-order valence-electron chi connectivity index (χ3n) is 5.04. The lowest BCUT2D eigenvalue weighted by atomic mass is 10.1. The topological polar surface area (TPSA) is 104 Å². The first kappa shape index (κ1) is 24.6. The lowest BCUT2D eigenvalue weighted by molar-refractivity contribution is -0.137. The van der Waals surface area contributed by atoms with Crippen molar-refractivity contribution in [3.05, 3.63) is 77.9 Å². The zero-order valence-corrected chi connectivity index (χ0v) is 19.6. The maximum atomic E-state index is 12.9. The van der Waals surface area contributed by atoms with Crippen LogP contribution in [-0.4, -0.2) is 25.5 Å². The highest BCUT2D eigenvalue weighted by atomic mass is 32.2. The maximum absolute atomic E-state index is 12.9. The highest BCUT2D eigenvalue weighted by Gasteiger charge is 2.31. The number of carbonyl (C=O) groups is 2. The standard InChI is InChI=1S/C23H18F3N3O4S2/c1-13-21(30)28-19-11-14(5-10-20(19)34-13)22(31)27-16-6-8-18(9-7-16)35(32,33)29-17-4-2-3-15(12-17)23(24,25)26/h2-13,29H,1H3,(H,27,31)(H,28,30). The molecular weight excluding hydrogens is 503 g/mol. The summed E-state index contributed by atoms with van der Waals surface area (Å²) in [6.07, 6.45) is -4.61. The van der Waals surface area contributed by atoms with Crippen LogP contribution in [0.3, 0.4) is 0 Å². The molecular formula is C23H18F3N3O4S2. The predicted octanol–water partition coefficient (Wildman–Crippen LogP) is 5.19. The molecule has 0 spiro atoms. The monoisotopic (exact) mass is 521 g/mol. The molecule has 12 heteroatoms. The number of carbonyl (C=O) groups excluding carboxylic acids is 2. The van der Waals surface area contributed by atoms with E-state index in [1.165, 1.54) is 42.1 Å². The molecule has 1 heterocycles. The minimum Gasteiger partial charge on any atom is -0.324 e. The molecule has 1 aliphatic heterocycles. The van der Waals surface area contributed by atoms with Gasteiger partial charge in [-0.25, -0.2) is 8.42 Å². The SMILES string of the molecule is CC1Sc2ccc(C(=O)Nc3ccc(S(=O)(=O)Nc4cccc(C(F)(F)F)c4)cc3)cc2NC1=O. The van der Waals surface area contributed by atoms with Crippen molar-refractivity contribution >= 4 is 50.7 Å². The second kappa shape index (κ2) is 9.27. The highest BCUT2D eigenvalue weighted by molar-refractivity contribution is 8.01. The van der Waals surface area contributed by atoms with Crippen molar-refractivity contribution in [3.8, 4) is 0 Å². The second-order valence-corrected chi connectivity index (χ2v) is 10.7. The minimum absolute atomic E-state index is 0.157. The summed E-state index contributed by atoms with van der Waals surface area (Å²) in [6, 6.07) is 13.9. The number of anilines is 3. The largest absolute Gasteiger partial charge is 0.416 e. The van der Waals surface area contributed by atoms with Crippen LogP contribution in [0.5, 0.6) is 0 Å². The Bertz CT molecular complexity index is 1410. The molecule has 3 aromatic carbocycles. The molecule has 1 aliphatic rings. The van der Waals surface area contributed by atoms with Gasteiger partial charge in [0.1, 0.15) is 0 Å². The van der Waals surface area contributed by atoms with Crippen molar-refractivity contribution in [2.75, 3.05) is 15.4 Å². The van der Waals surface area contributed by atoms with E-state index in [4.69, 9.17) is 0 Å². The molecule has 1 unspecified atom stereocenters. The molecule has 1 atom stereocenters. The van der Waals surface area contributed by atoms with Gasteiger partial charge < -0.3 is 10.6 Å². The number of thioether (sulfide) groups is 1. The fourth-order valence-electron chi connectivity index (χ4n) is 3.24. The summed E-state index contributed by atoms with van der Waals surface area (Å²) in [5.41, 5.74) is -0.0809. The van der Waals surface area contributed by atoms with Crippen molar-refractivity contribution in [2.45, 2.75) is 28.1 Å². The van der Waals surface area contributed by atoms with Gasteiger partial charge in [0.05, 0.1) is 21.4 Å². The van der Waals surface area contributed by atoms with Crippen LogP contribution < -0.4 is 15.4 Å². The number of amides is 2. The number of hydrogen-bond acceptors (Lipinski definition) is 5. The third kappa shape index (κ3) is 5.60. The van der Waals surface area contributed by atoms with E-state index in [9.17, 15) is 31.2 Å². The second-order valence-electron chi connectivity index (χ2n) is 7.62. The normalized spacial score (nSPS) is 15.7. The van der Waals surface area contributed by atoms with E-state index < -0.39 is 27.7 Å². The Balaban J connectivity index is 1.46. The molecule has 0 saturated carbocycles. The summed E-state index contributed by atoms with van der Waals surface area (Å²) in [5, 5.41) is 5.15. The Kier molecular flexibility index (Phi) is 6.52. The first-order valence-corrected chi connectivity index (χ1v) is 12.5. The van der Waals surface area contributed by atoms with Gasteiger partial charge in [-0.05, 0) is 67.6 Å². The molecule has 0 aromatic heterocycles. The molecule has 182 valence electrons. The summed E-state index contributed by atoms with van der Waals surface area (Å²) < 4.78 is 65.9. The number of halogens is 3. The Morgan fingerprint density at radius 3 is 2.40 bits per heavy atom. The predicted molar refractivity (Wildman–Crippen MR) is 127 cm³/mol. The fraction of sp³-hybridized carbons (Fsp3) is 0.130. The van der Waals surface area contributed by atoms with Gasteiger partial charge in [-0.3, -0.25) is 14.3 Å². The van der Waals surface area contributed by atoms with Crippen LogP contribution in [0.1, 0.15) is 22.8 Å². The molecule has 2 amide bonds. The van der Waals surface area contributed by atoms with Gasteiger partial charge in [-0.15, -0.1) is 11.8 Å². The average molecular weight is 522 g/mol. The van der Waals surface area contributed by atoms with Gasteiger partial charge in [0.25, 0.3) is 15.9 Å². The Labute approximate surface area is 203 Å². The first-order chi connectivity index (χ1) is 16.4. The van der Waals surface area contributed by atoms with Crippen molar-refractivity contribution in [3.63, 3.8) is 0 Å². The van der Waals surface area contributed by atoms with Gasteiger partial charge in [0.15, 0.2) is 0 Å².